The highest BCUT2D eigenvalue weighted by atomic mass is 16.5. The molecule has 0 radical (unpaired) electrons. The minimum absolute atomic E-state index is 0.173. The molecule has 2 unspecified atom stereocenters. The molecule has 1 aromatic rings. The van der Waals surface area contributed by atoms with Crippen molar-refractivity contribution < 1.29 is 9.53 Å². The molecule has 2 heterocycles. The van der Waals surface area contributed by atoms with Gasteiger partial charge in [0.05, 0.1) is 18.6 Å². The van der Waals surface area contributed by atoms with Crippen molar-refractivity contribution in [2.75, 3.05) is 25.6 Å². The quantitative estimate of drug-likeness (QED) is 0.917. The van der Waals surface area contributed by atoms with Crippen LogP contribution in [0.5, 0.6) is 0 Å². The average molecular weight is 274 g/mol. The van der Waals surface area contributed by atoms with Gasteiger partial charge >= 0.3 is 0 Å². The molecule has 20 heavy (non-hydrogen) atoms. The molecule has 1 N–H and O–H groups in total. The monoisotopic (exact) mass is 274 g/mol. The second-order valence-corrected chi connectivity index (χ2v) is 5.69. The molecule has 0 aliphatic carbocycles. The van der Waals surface area contributed by atoms with Crippen molar-refractivity contribution in [1.82, 2.24) is 5.32 Å². The number of likely N-dealkylation sites (N-methyl/N-ethyl adjacent to an activating group) is 2. The second kappa shape index (κ2) is 5.54. The number of anilines is 1. The summed E-state index contributed by atoms with van der Waals surface area (Å²) in [7, 11) is 3.82. The Kier molecular flexibility index (Phi) is 3.76. The molecule has 0 bridgehead atoms. The summed E-state index contributed by atoms with van der Waals surface area (Å²) in [4.78, 5) is 13.5. The molecule has 1 amide bonds. The van der Waals surface area contributed by atoms with Crippen LogP contribution in [0.15, 0.2) is 18.2 Å². The average Bonchev–Trinajstić information content (AvgIpc) is 2.76. The van der Waals surface area contributed by atoms with Crippen LogP contribution in [0.1, 0.15) is 36.4 Å². The molecule has 0 aromatic heterocycles. The Labute approximate surface area is 120 Å². The standard InChI is InChI=1S/C16H22N2O2/c1-17-16(14-5-3-4-8-20-14)11-6-7-13-12(9-11)10-15(19)18(13)2/h6-7,9,14,16-17H,3-5,8,10H2,1-2H3. The van der Waals surface area contributed by atoms with Crippen LogP contribution < -0.4 is 10.2 Å². The molecular formula is C16H22N2O2. The van der Waals surface area contributed by atoms with E-state index in [0.717, 1.165) is 30.7 Å². The summed E-state index contributed by atoms with van der Waals surface area (Å²) in [6.45, 7) is 0.856. The van der Waals surface area contributed by atoms with Crippen molar-refractivity contribution in [1.29, 1.82) is 0 Å². The topological polar surface area (TPSA) is 41.6 Å². The lowest BCUT2D eigenvalue weighted by atomic mass is 9.94. The van der Waals surface area contributed by atoms with Gasteiger partial charge in [-0.25, -0.2) is 0 Å². The summed E-state index contributed by atoms with van der Waals surface area (Å²) < 4.78 is 5.91. The Morgan fingerprint density at radius 3 is 2.95 bits per heavy atom. The molecule has 3 rings (SSSR count). The van der Waals surface area contributed by atoms with Gasteiger partial charge in [-0.2, -0.15) is 0 Å². The number of hydrogen-bond donors (Lipinski definition) is 1. The summed E-state index contributed by atoms with van der Waals surface area (Å²) in [6, 6.07) is 6.55. The zero-order valence-corrected chi connectivity index (χ0v) is 12.2. The maximum atomic E-state index is 11.8. The minimum Gasteiger partial charge on any atom is -0.376 e. The number of rotatable bonds is 3. The third-order valence-electron chi connectivity index (χ3n) is 4.44. The maximum Gasteiger partial charge on any atom is 0.231 e. The number of fused-ring (bicyclic) bond motifs is 1. The first-order chi connectivity index (χ1) is 9.70. The van der Waals surface area contributed by atoms with Crippen molar-refractivity contribution in [3.63, 3.8) is 0 Å². The third kappa shape index (κ3) is 2.34. The summed E-state index contributed by atoms with van der Waals surface area (Å²) >= 11 is 0. The molecule has 0 spiro atoms. The number of nitrogens with one attached hydrogen (secondary N) is 1. The Hall–Kier alpha value is -1.39. The van der Waals surface area contributed by atoms with Crippen LogP contribution in [-0.4, -0.2) is 32.7 Å². The van der Waals surface area contributed by atoms with E-state index in [1.54, 1.807) is 4.90 Å². The van der Waals surface area contributed by atoms with E-state index < -0.39 is 0 Å². The van der Waals surface area contributed by atoms with E-state index in [0.29, 0.717) is 6.42 Å². The lowest BCUT2D eigenvalue weighted by Gasteiger charge is -2.31. The predicted octanol–water partition coefficient (Wildman–Crippen LogP) is 2.04. The van der Waals surface area contributed by atoms with E-state index in [-0.39, 0.29) is 18.1 Å². The molecule has 0 saturated carbocycles. The van der Waals surface area contributed by atoms with Gasteiger partial charge in [-0.1, -0.05) is 12.1 Å². The van der Waals surface area contributed by atoms with Gasteiger partial charge in [-0.3, -0.25) is 4.79 Å². The number of ether oxygens (including phenoxy) is 1. The number of carbonyl (C=O) groups excluding carboxylic acids is 1. The molecule has 1 saturated heterocycles. The smallest absolute Gasteiger partial charge is 0.231 e. The summed E-state index contributed by atoms with van der Waals surface area (Å²) in [6.07, 6.45) is 4.25. The van der Waals surface area contributed by atoms with Crippen molar-refractivity contribution in [2.45, 2.75) is 37.8 Å². The van der Waals surface area contributed by atoms with E-state index in [9.17, 15) is 4.79 Å². The number of carbonyl (C=O) groups is 1. The first-order valence-electron chi connectivity index (χ1n) is 7.39. The molecule has 108 valence electrons. The second-order valence-electron chi connectivity index (χ2n) is 5.69. The fourth-order valence-corrected chi connectivity index (χ4v) is 3.28. The van der Waals surface area contributed by atoms with Crippen LogP contribution in [0.4, 0.5) is 5.69 Å². The van der Waals surface area contributed by atoms with Gasteiger partial charge < -0.3 is 15.0 Å². The van der Waals surface area contributed by atoms with Crippen molar-refractivity contribution in [2.24, 2.45) is 0 Å². The zero-order valence-electron chi connectivity index (χ0n) is 12.2. The highest BCUT2D eigenvalue weighted by Gasteiger charge is 2.28. The maximum absolute atomic E-state index is 11.8. The largest absolute Gasteiger partial charge is 0.376 e. The SMILES string of the molecule is CNC(c1ccc2c(c1)CC(=O)N2C)C1CCCCO1. The molecular weight excluding hydrogens is 252 g/mol. The summed E-state index contributed by atoms with van der Waals surface area (Å²) in [5, 5.41) is 3.38. The number of nitrogens with zero attached hydrogens (tertiary/aromatic N) is 1. The Bertz CT molecular complexity index is 509. The fourth-order valence-electron chi connectivity index (χ4n) is 3.28. The highest BCUT2D eigenvalue weighted by Crippen LogP contribution is 2.33. The molecule has 2 aliphatic rings. The number of benzene rings is 1. The fraction of sp³-hybridized carbons (Fsp3) is 0.562. The van der Waals surface area contributed by atoms with Crippen LogP contribution in [0, 0.1) is 0 Å². The van der Waals surface area contributed by atoms with E-state index in [1.165, 1.54) is 12.0 Å². The third-order valence-corrected chi connectivity index (χ3v) is 4.44. The lowest BCUT2D eigenvalue weighted by Crippen LogP contribution is -2.34. The summed E-state index contributed by atoms with van der Waals surface area (Å²) in [5.41, 5.74) is 3.39. The van der Waals surface area contributed by atoms with E-state index in [1.807, 2.05) is 14.1 Å². The highest BCUT2D eigenvalue weighted by molar-refractivity contribution is 6.00. The van der Waals surface area contributed by atoms with Gasteiger partial charge in [-0.05, 0) is 43.5 Å². The molecule has 1 aromatic carbocycles. The molecule has 2 atom stereocenters. The summed E-state index contributed by atoms with van der Waals surface area (Å²) in [5.74, 6) is 0.173. The lowest BCUT2D eigenvalue weighted by molar-refractivity contribution is -0.117. The van der Waals surface area contributed by atoms with Crippen LogP contribution in [0.2, 0.25) is 0 Å². The van der Waals surface area contributed by atoms with E-state index >= 15 is 0 Å². The van der Waals surface area contributed by atoms with Crippen LogP contribution in [-0.2, 0) is 16.0 Å². The van der Waals surface area contributed by atoms with Gasteiger partial charge in [0, 0.05) is 19.3 Å². The number of hydrogen-bond acceptors (Lipinski definition) is 3. The molecule has 1 fully saturated rings. The predicted molar refractivity (Wildman–Crippen MR) is 78.9 cm³/mol. The van der Waals surface area contributed by atoms with Crippen molar-refractivity contribution in [3.8, 4) is 0 Å². The zero-order chi connectivity index (χ0) is 14.1. The van der Waals surface area contributed by atoms with Gasteiger partial charge in [0.1, 0.15) is 0 Å². The minimum atomic E-state index is 0.173. The van der Waals surface area contributed by atoms with Crippen LogP contribution in [0.3, 0.4) is 0 Å². The van der Waals surface area contributed by atoms with Gasteiger partial charge in [0.2, 0.25) is 5.91 Å². The number of amides is 1. The Balaban J connectivity index is 1.86. The normalized spacial score (nSPS) is 23.8. The molecule has 4 nitrogen and oxygen atoms in total. The Morgan fingerprint density at radius 1 is 1.40 bits per heavy atom. The first kappa shape index (κ1) is 13.6. The van der Waals surface area contributed by atoms with E-state index in [4.69, 9.17) is 4.74 Å². The van der Waals surface area contributed by atoms with Crippen molar-refractivity contribution in [3.05, 3.63) is 29.3 Å². The van der Waals surface area contributed by atoms with Crippen LogP contribution in [0.25, 0.3) is 0 Å². The van der Waals surface area contributed by atoms with Gasteiger partial charge in [0.25, 0.3) is 0 Å². The van der Waals surface area contributed by atoms with Crippen molar-refractivity contribution >= 4 is 11.6 Å². The van der Waals surface area contributed by atoms with Gasteiger partial charge in [-0.15, -0.1) is 0 Å². The Morgan fingerprint density at radius 2 is 2.25 bits per heavy atom. The van der Waals surface area contributed by atoms with E-state index in [2.05, 4.69) is 23.5 Å². The molecule has 4 heteroatoms. The van der Waals surface area contributed by atoms with Crippen LogP contribution >= 0.6 is 0 Å². The first-order valence-corrected chi connectivity index (χ1v) is 7.39. The van der Waals surface area contributed by atoms with Gasteiger partial charge in [0.15, 0.2) is 0 Å². The molecule has 2 aliphatic heterocycles.